The summed E-state index contributed by atoms with van der Waals surface area (Å²) in [6.45, 7) is 1.78. The predicted molar refractivity (Wildman–Crippen MR) is 101 cm³/mol. The highest BCUT2D eigenvalue weighted by Gasteiger charge is 2.26. The van der Waals surface area contributed by atoms with Crippen LogP contribution in [0.25, 0.3) is 0 Å². The molecule has 1 N–H and O–H groups in total. The van der Waals surface area contributed by atoms with Crippen molar-refractivity contribution in [3.63, 3.8) is 0 Å². The van der Waals surface area contributed by atoms with Gasteiger partial charge in [0, 0.05) is 29.2 Å². The average Bonchev–Trinajstić information content (AvgIpc) is 2.61. The first-order chi connectivity index (χ1) is 12.3. The molecule has 0 aromatic heterocycles. The van der Waals surface area contributed by atoms with E-state index in [1.807, 2.05) is 0 Å². The van der Waals surface area contributed by atoms with Gasteiger partial charge in [0.2, 0.25) is 11.8 Å². The van der Waals surface area contributed by atoms with E-state index in [9.17, 15) is 14.0 Å². The molecule has 0 saturated carbocycles. The third kappa shape index (κ3) is 4.96. The standard InChI is InChI=1S/C19H19Cl2FN2O2/c1-12(19(26)23-2)24(11-13-5-3-6-14(20)9-13)18(25)10-15-16(21)7-4-8-17(15)22/h3-9,12H,10-11H2,1-2H3,(H,23,26). The van der Waals surface area contributed by atoms with Crippen LogP contribution < -0.4 is 5.32 Å². The molecule has 0 heterocycles. The van der Waals surface area contributed by atoms with Gasteiger partial charge in [0.25, 0.3) is 0 Å². The van der Waals surface area contributed by atoms with E-state index >= 15 is 0 Å². The molecule has 0 bridgehead atoms. The van der Waals surface area contributed by atoms with Gasteiger partial charge >= 0.3 is 0 Å². The van der Waals surface area contributed by atoms with Crippen molar-refractivity contribution < 1.29 is 14.0 Å². The molecule has 4 nitrogen and oxygen atoms in total. The van der Waals surface area contributed by atoms with Gasteiger partial charge in [-0.2, -0.15) is 0 Å². The zero-order valence-corrected chi connectivity index (χ0v) is 15.9. The topological polar surface area (TPSA) is 49.4 Å². The molecule has 0 aliphatic heterocycles. The zero-order valence-electron chi connectivity index (χ0n) is 14.4. The molecule has 2 amide bonds. The van der Waals surface area contributed by atoms with E-state index in [2.05, 4.69) is 5.32 Å². The van der Waals surface area contributed by atoms with Gasteiger partial charge in [-0.15, -0.1) is 0 Å². The highest BCUT2D eigenvalue weighted by Crippen LogP contribution is 2.22. The third-order valence-electron chi connectivity index (χ3n) is 4.05. The molecule has 0 fully saturated rings. The minimum Gasteiger partial charge on any atom is -0.357 e. The number of benzene rings is 2. The van der Waals surface area contributed by atoms with E-state index in [1.165, 1.54) is 30.1 Å². The Balaban J connectivity index is 2.30. The maximum absolute atomic E-state index is 14.0. The average molecular weight is 397 g/mol. The van der Waals surface area contributed by atoms with Gasteiger partial charge in [-0.05, 0) is 36.8 Å². The van der Waals surface area contributed by atoms with E-state index in [0.29, 0.717) is 5.02 Å². The Morgan fingerprint density at radius 2 is 1.88 bits per heavy atom. The van der Waals surface area contributed by atoms with Crippen molar-refractivity contribution in [2.45, 2.75) is 25.9 Å². The fourth-order valence-corrected chi connectivity index (χ4v) is 3.02. The molecule has 2 aromatic carbocycles. The Bertz CT molecular complexity index is 794. The molecule has 0 saturated heterocycles. The van der Waals surface area contributed by atoms with E-state index in [1.54, 1.807) is 31.2 Å². The Labute approximate surface area is 161 Å². The minimum absolute atomic E-state index is 0.111. The van der Waals surface area contributed by atoms with Crippen LogP contribution in [0.3, 0.4) is 0 Å². The van der Waals surface area contributed by atoms with Crippen LogP contribution in [0.2, 0.25) is 10.0 Å². The van der Waals surface area contributed by atoms with Gasteiger partial charge in [0.15, 0.2) is 0 Å². The fourth-order valence-electron chi connectivity index (χ4n) is 2.58. The summed E-state index contributed by atoms with van der Waals surface area (Å²) in [6, 6.07) is 10.5. The quantitative estimate of drug-likeness (QED) is 0.806. The maximum atomic E-state index is 14.0. The Hall–Kier alpha value is -2.11. The number of carbonyl (C=O) groups is 2. The van der Waals surface area contributed by atoms with Crippen LogP contribution in [0, 0.1) is 5.82 Å². The van der Waals surface area contributed by atoms with Gasteiger partial charge in [-0.25, -0.2) is 4.39 Å². The predicted octanol–water partition coefficient (Wildman–Crippen LogP) is 3.84. The summed E-state index contributed by atoms with van der Waals surface area (Å²) in [7, 11) is 1.49. The summed E-state index contributed by atoms with van der Waals surface area (Å²) >= 11 is 12.0. The molecule has 0 aliphatic carbocycles. The van der Waals surface area contributed by atoms with Crippen LogP contribution in [0.5, 0.6) is 0 Å². The number of hydrogen-bond donors (Lipinski definition) is 1. The number of hydrogen-bond acceptors (Lipinski definition) is 2. The first-order valence-corrected chi connectivity index (χ1v) is 8.77. The number of likely N-dealkylation sites (N-methyl/N-ethyl adjacent to an activating group) is 1. The van der Waals surface area contributed by atoms with Crippen molar-refractivity contribution in [3.05, 3.63) is 69.5 Å². The SMILES string of the molecule is CNC(=O)C(C)N(Cc1cccc(Cl)c1)C(=O)Cc1c(F)cccc1Cl. The maximum Gasteiger partial charge on any atom is 0.242 e. The molecule has 2 aromatic rings. The molecule has 1 atom stereocenters. The van der Waals surface area contributed by atoms with Crippen LogP contribution in [0.1, 0.15) is 18.1 Å². The first kappa shape index (κ1) is 20.2. The largest absolute Gasteiger partial charge is 0.357 e. The van der Waals surface area contributed by atoms with Crippen molar-refractivity contribution in [2.24, 2.45) is 0 Å². The molecule has 0 radical (unpaired) electrons. The summed E-state index contributed by atoms with van der Waals surface area (Å²) in [4.78, 5) is 26.3. The second-order valence-electron chi connectivity index (χ2n) is 5.82. The highest BCUT2D eigenvalue weighted by atomic mass is 35.5. The molecule has 7 heteroatoms. The first-order valence-electron chi connectivity index (χ1n) is 8.02. The Kier molecular flexibility index (Phi) is 7.00. The van der Waals surface area contributed by atoms with Crippen LogP contribution in [0.4, 0.5) is 4.39 Å². The van der Waals surface area contributed by atoms with E-state index in [0.717, 1.165) is 5.56 Å². The van der Waals surface area contributed by atoms with E-state index < -0.39 is 17.8 Å². The fraction of sp³-hybridized carbons (Fsp3) is 0.263. The van der Waals surface area contributed by atoms with Crippen molar-refractivity contribution in [1.29, 1.82) is 0 Å². The van der Waals surface area contributed by atoms with E-state index in [4.69, 9.17) is 23.2 Å². The molecule has 0 aliphatic rings. The van der Waals surface area contributed by atoms with Gasteiger partial charge in [0.1, 0.15) is 11.9 Å². The molecule has 1 unspecified atom stereocenters. The van der Waals surface area contributed by atoms with Gasteiger partial charge < -0.3 is 10.2 Å². The molecule has 2 rings (SSSR count). The zero-order chi connectivity index (χ0) is 19.3. The van der Waals surface area contributed by atoms with Crippen molar-refractivity contribution in [1.82, 2.24) is 10.2 Å². The lowest BCUT2D eigenvalue weighted by molar-refractivity contribution is -0.139. The molecular weight excluding hydrogens is 378 g/mol. The minimum atomic E-state index is -0.739. The number of carbonyl (C=O) groups excluding carboxylic acids is 2. The summed E-state index contributed by atoms with van der Waals surface area (Å²) in [5, 5.41) is 3.23. The Morgan fingerprint density at radius 1 is 1.19 bits per heavy atom. The molecular formula is C19H19Cl2FN2O2. The molecule has 138 valence electrons. The van der Waals surface area contributed by atoms with E-state index in [-0.39, 0.29) is 29.5 Å². The summed E-state index contributed by atoms with van der Waals surface area (Å²) in [5.74, 6) is -1.28. The normalized spacial score (nSPS) is 11.7. The molecule has 0 spiro atoms. The van der Waals surface area contributed by atoms with Crippen LogP contribution in [-0.2, 0) is 22.6 Å². The number of halogens is 3. The second kappa shape index (κ2) is 9.01. The van der Waals surface area contributed by atoms with Crippen LogP contribution in [0.15, 0.2) is 42.5 Å². The molecule has 26 heavy (non-hydrogen) atoms. The van der Waals surface area contributed by atoms with Crippen LogP contribution in [-0.4, -0.2) is 29.8 Å². The Morgan fingerprint density at radius 3 is 2.50 bits per heavy atom. The van der Waals surface area contributed by atoms with Gasteiger partial charge in [-0.1, -0.05) is 41.4 Å². The monoisotopic (exact) mass is 396 g/mol. The van der Waals surface area contributed by atoms with Crippen LogP contribution >= 0.6 is 23.2 Å². The summed E-state index contributed by atoms with van der Waals surface area (Å²) in [5.41, 5.74) is 0.876. The third-order valence-corrected chi connectivity index (χ3v) is 4.63. The lowest BCUT2D eigenvalue weighted by atomic mass is 10.1. The number of rotatable bonds is 6. The van der Waals surface area contributed by atoms with Crippen molar-refractivity contribution in [3.8, 4) is 0 Å². The summed E-state index contributed by atoms with van der Waals surface area (Å²) in [6.07, 6.45) is -0.243. The van der Waals surface area contributed by atoms with Crippen molar-refractivity contribution >= 4 is 35.0 Å². The smallest absolute Gasteiger partial charge is 0.242 e. The lowest BCUT2D eigenvalue weighted by Gasteiger charge is -2.28. The van der Waals surface area contributed by atoms with Gasteiger partial charge in [0.05, 0.1) is 6.42 Å². The lowest BCUT2D eigenvalue weighted by Crippen LogP contribution is -2.47. The number of amides is 2. The number of nitrogens with zero attached hydrogens (tertiary/aromatic N) is 1. The van der Waals surface area contributed by atoms with Crippen molar-refractivity contribution in [2.75, 3.05) is 7.05 Å². The number of nitrogens with one attached hydrogen (secondary N) is 1. The highest BCUT2D eigenvalue weighted by molar-refractivity contribution is 6.31. The second-order valence-corrected chi connectivity index (χ2v) is 6.66. The van der Waals surface area contributed by atoms with Gasteiger partial charge in [-0.3, -0.25) is 9.59 Å². The summed E-state index contributed by atoms with van der Waals surface area (Å²) < 4.78 is 14.0.